The molecule has 192 valence electrons. The molecule has 1 N–H and O–H groups in total. The van der Waals surface area contributed by atoms with Crippen LogP contribution in [0.25, 0.3) is 6.08 Å². The molecule has 8 nitrogen and oxygen atoms in total. The van der Waals surface area contributed by atoms with Crippen LogP contribution in [-0.2, 0) is 11.2 Å². The number of methoxy groups -OCH3 is 1. The number of amidine groups is 2. The van der Waals surface area contributed by atoms with Crippen LogP contribution in [-0.4, -0.2) is 47.3 Å². The number of nitrogens with zero attached hydrogens (tertiary/aromatic N) is 3. The monoisotopic (exact) mass is 582 g/mol. The first kappa shape index (κ1) is 26.7. The van der Waals surface area contributed by atoms with E-state index in [-0.39, 0.29) is 11.4 Å². The summed E-state index contributed by atoms with van der Waals surface area (Å²) in [7, 11) is 1.55. The van der Waals surface area contributed by atoms with E-state index in [1.165, 1.54) is 16.8 Å². The molecule has 0 aromatic heterocycles. The fraction of sp³-hybridized carbons (Fsp3) is 0.259. The average Bonchev–Trinajstić information content (AvgIpc) is 3.28. The van der Waals surface area contributed by atoms with Gasteiger partial charge in [0.2, 0.25) is 5.17 Å². The number of aliphatic imine (C=N–C) groups is 1. The van der Waals surface area contributed by atoms with Gasteiger partial charge in [0, 0.05) is 0 Å². The predicted octanol–water partition coefficient (Wildman–Crippen LogP) is 6.06. The van der Waals surface area contributed by atoms with Crippen LogP contribution in [0.4, 0.5) is 0 Å². The molecule has 10 heteroatoms. The fourth-order valence-electron chi connectivity index (χ4n) is 3.74. The quantitative estimate of drug-likeness (QED) is 0.196. The first-order valence-corrected chi connectivity index (χ1v) is 13.4. The molecule has 0 radical (unpaired) electrons. The number of allylic oxidation sites excluding steroid dienone is 1. The SMILES string of the molecule is C=CCc1ccccc1OCCOc1c(Br)cc(/C=C2/C(=N)N3N=C(CCC)SC3=NC2=O)cc1OC. The van der Waals surface area contributed by atoms with Crippen molar-refractivity contribution in [2.75, 3.05) is 20.3 Å². The maximum atomic E-state index is 12.7. The number of ether oxygens (including phenoxy) is 3. The number of fused-ring (bicyclic) bond motifs is 1. The molecule has 0 saturated carbocycles. The number of halogens is 1. The van der Waals surface area contributed by atoms with Crippen LogP contribution in [0, 0.1) is 5.41 Å². The Balaban J connectivity index is 1.47. The Morgan fingerprint density at radius 1 is 1.19 bits per heavy atom. The van der Waals surface area contributed by atoms with E-state index < -0.39 is 5.91 Å². The van der Waals surface area contributed by atoms with Crippen molar-refractivity contribution in [2.45, 2.75) is 26.2 Å². The molecule has 2 aromatic carbocycles. The molecule has 4 rings (SSSR count). The average molecular weight is 584 g/mol. The van der Waals surface area contributed by atoms with E-state index in [1.54, 1.807) is 25.3 Å². The second-order valence-electron chi connectivity index (χ2n) is 8.10. The van der Waals surface area contributed by atoms with Crippen molar-refractivity contribution >= 4 is 55.7 Å². The second-order valence-corrected chi connectivity index (χ2v) is 9.99. The molecule has 0 unspecified atom stereocenters. The molecule has 2 heterocycles. The zero-order chi connectivity index (χ0) is 26.4. The lowest BCUT2D eigenvalue weighted by atomic mass is 10.1. The highest BCUT2D eigenvalue weighted by Crippen LogP contribution is 2.38. The van der Waals surface area contributed by atoms with Gasteiger partial charge in [0.1, 0.15) is 24.0 Å². The largest absolute Gasteiger partial charge is 0.493 e. The van der Waals surface area contributed by atoms with Crippen molar-refractivity contribution in [3.05, 3.63) is 70.2 Å². The summed E-state index contributed by atoms with van der Waals surface area (Å²) in [6.07, 6.45) is 5.88. The highest BCUT2D eigenvalue weighted by molar-refractivity contribution is 9.10. The van der Waals surface area contributed by atoms with Crippen molar-refractivity contribution in [3.8, 4) is 17.2 Å². The fourth-order valence-corrected chi connectivity index (χ4v) is 5.30. The normalized spacial score (nSPS) is 15.9. The summed E-state index contributed by atoms with van der Waals surface area (Å²) in [6.45, 7) is 6.48. The highest BCUT2D eigenvalue weighted by atomic mass is 79.9. The molecule has 0 saturated heterocycles. The molecule has 0 aliphatic carbocycles. The van der Waals surface area contributed by atoms with Crippen LogP contribution in [0.2, 0.25) is 0 Å². The van der Waals surface area contributed by atoms with Crippen molar-refractivity contribution in [2.24, 2.45) is 10.1 Å². The number of hydrogen-bond acceptors (Lipinski definition) is 7. The summed E-state index contributed by atoms with van der Waals surface area (Å²) in [5, 5.41) is 15.7. The molecule has 2 aromatic rings. The maximum absolute atomic E-state index is 12.7. The van der Waals surface area contributed by atoms with E-state index in [0.29, 0.717) is 39.9 Å². The smallest absolute Gasteiger partial charge is 0.283 e. The van der Waals surface area contributed by atoms with Gasteiger partial charge < -0.3 is 14.2 Å². The summed E-state index contributed by atoms with van der Waals surface area (Å²) in [4.78, 5) is 16.8. The zero-order valence-electron chi connectivity index (χ0n) is 20.6. The van der Waals surface area contributed by atoms with Gasteiger partial charge in [-0.15, -0.1) is 6.58 Å². The first-order valence-electron chi connectivity index (χ1n) is 11.8. The van der Waals surface area contributed by atoms with Gasteiger partial charge in [-0.1, -0.05) is 31.2 Å². The molecule has 0 spiro atoms. The van der Waals surface area contributed by atoms with E-state index in [2.05, 4.69) is 39.5 Å². The molecule has 0 fully saturated rings. The summed E-state index contributed by atoms with van der Waals surface area (Å²) in [5.41, 5.74) is 1.87. The van der Waals surface area contributed by atoms with E-state index in [4.69, 9.17) is 19.6 Å². The molecule has 37 heavy (non-hydrogen) atoms. The van der Waals surface area contributed by atoms with Gasteiger partial charge in [0.25, 0.3) is 5.91 Å². The standard InChI is InChI=1S/C27H27BrN4O4S/c1-4-8-18-10-6-7-11-21(18)35-12-13-36-24-20(28)15-17(16-22(24)34-3)14-19-25(29)32-27(30-26(19)33)37-23(31-32)9-5-2/h4,6-7,10-11,14-16,29H,1,5,8-9,12-13H2,2-3H3/b19-14-,29-25?. The number of hydrogen-bond donors (Lipinski definition) is 1. The van der Waals surface area contributed by atoms with Crippen LogP contribution >= 0.6 is 27.7 Å². The lowest BCUT2D eigenvalue weighted by Gasteiger charge is -2.20. The van der Waals surface area contributed by atoms with E-state index in [1.807, 2.05) is 30.3 Å². The molecule has 0 bridgehead atoms. The van der Waals surface area contributed by atoms with Crippen LogP contribution in [0.3, 0.4) is 0 Å². The number of carbonyl (C=O) groups excluding carboxylic acids is 1. The number of carbonyl (C=O) groups is 1. The van der Waals surface area contributed by atoms with Crippen LogP contribution < -0.4 is 14.2 Å². The van der Waals surface area contributed by atoms with Crippen molar-refractivity contribution in [1.82, 2.24) is 5.01 Å². The Hall–Kier alpha value is -3.37. The Morgan fingerprint density at radius 2 is 1.97 bits per heavy atom. The minimum absolute atomic E-state index is 0.00194. The third-order valence-electron chi connectivity index (χ3n) is 5.45. The maximum Gasteiger partial charge on any atom is 0.283 e. The zero-order valence-corrected chi connectivity index (χ0v) is 23.0. The van der Waals surface area contributed by atoms with Gasteiger partial charge in [-0.3, -0.25) is 10.2 Å². The summed E-state index contributed by atoms with van der Waals surface area (Å²) in [6, 6.07) is 11.4. The Kier molecular flexibility index (Phi) is 8.83. The minimum atomic E-state index is -0.471. The molecule has 2 aliphatic rings. The van der Waals surface area contributed by atoms with Crippen molar-refractivity contribution in [3.63, 3.8) is 0 Å². The van der Waals surface area contributed by atoms with E-state index >= 15 is 0 Å². The van der Waals surface area contributed by atoms with Gasteiger partial charge >= 0.3 is 0 Å². The van der Waals surface area contributed by atoms with Crippen LogP contribution in [0.5, 0.6) is 17.2 Å². The van der Waals surface area contributed by atoms with Gasteiger partial charge in [-0.2, -0.15) is 15.1 Å². The molecular weight excluding hydrogens is 556 g/mol. The Morgan fingerprint density at radius 3 is 2.73 bits per heavy atom. The first-order chi connectivity index (χ1) is 17.9. The number of amides is 1. The highest BCUT2D eigenvalue weighted by Gasteiger charge is 2.35. The van der Waals surface area contributed by atoms with Gasteiger partial charge in [0.05, 0.1) is 17.2 Å². The lowest BCUT2D eigenvalue weighted by Crippen LogP contribution is -2.35. The van der Waals surface area contributed by atoms with E-state index in [9.17, 15) is 4.79 Å². The summed E-state index contributed by atoms with van der Waals surface area (Å²) in [5.74, 6) is 1.32. The number of benzene rings is 2. The topological polar surface area (TPSA) is 96.6 Å². The lowest BCUT2D eigenvalue weighted by molar-refractivity contribution is -0.114. The number of hydrazone groups is 1. The summed E-state index contributed by atoms with van der Waals surface area (Å²) >= 11 is 4.88. The number of rotatable bonds is 11. The van der Waals surface area contributed by atoms with Gasteiger partial charge in [-0.05, 0) is 82.4 Å². The molecule has 0 atom stereocenters. The van der Waals surface area contributed by atoms with Gasteiger partial charge in [-0.25, -0.2) is 0 Å². The number of thioether (sulfide) groups is 1. The molecule has 2 aliphatic heterocycles. The third-order valence-corrected chi connectivity index (χ3v) is 7.00. The van der Waals surface area contributed by atoms with E-state index in [0.717, 1.165) is 35.6 Å². The molecular formula is C27H27BrN4O4S. The third kappa shape index (κ3) is 6.14. The number of nitrogens with one attached hydrogen (secondary N) is 1. The Bertz CT molecular complexity index is 1320. The number of para-hydroxylation sites is 1. The predicted molar refractivity (Wildman–Crippen MR) is 152 cm³/mol. The minimum Gasteiger partial charge on any atom is -0.493 e. The van der Waals surface area contributed by atoms with Crippen LogP contribution in [0.1, 0.15) is 30.9 Å². The van der Waals surface area contributed by atoms with Crippen LogP contribution in [0.15, 0.2) is 69.2 Å². The Labute approximate surface area is 228 Å². The summed E-state index contributed by atoms with van der Waals surface area (Å²) < 4.78 is 18.1. The van der Waals surface area contributed by atoms with Crippen molar-refractivity contribution in [1.29, 1.82) is 5.41 Å². The van der Waals surface area contributed by atoms with Crippen molar-refractivity contribution < 1.29 is 19.0 Å². The van der Waals surface area contributed by atoms with Gasteiger partial charge in [0.15, 0.2) is 17.3 Å². The molecule has 1 amide bonds. The second kappa shape index (κ2) is 12.2.